The third-order valence-corrected chi connectivity index (χ3v) is 6.84. The molecule has 0 aliphatic carbocycles. The quantitative estimate of drug-likeness (QED) is 0.756. The van der Waals surface area contributed by atoms with Crippen molar-refractivity contribution in [3.63, 3.8) is 0 Å². The third-order valence-electron chi connectivity index (χ3n) is 5.70. The van der Waals surface area contributed by atoms with Gasteiger partial charge in [-0.05, 0) is 42.3 Å². The van der Waals surface area contributed by atoms with Crippen LogP contribution in [-0.4, -0.2) is 40.7 Å². The van der Waals surface area contributed by atoms with Gasteiger partial charge < -0.3 is 9.64 Å². The molecule has 134 valence electrons. The van der Waals surface area contributed by atoms with Crippen LogP contribution < -0.4 is 0 Å². The van der Waals surface area contributed by atoms with Crippen LogP contribution in [-0.2, 0) is 28.0 Å². The van der Waals surface area contributed by atoms with Gasteiger partial charge >= 0.3 is 0 Å². The number of H-pyrrole nitrogens is 1. The molecular formula is C20H21N3O2S. The summed E-state index contributed by atoms with van der Waals surface area (Å²) in [6.07, 6.45) is 3.15. The fraction of sp³-hybridized carbons (Fsp3) is 0.400. The minimum atomic E-state index is -0.167. The van der Waals surface area contributed by atoms with Crippen molar-refractivity contribution in [3.05, 3.63) is 51.8 Å². The van der Waals surface area contributed by atoms with E-state index in [1.165, 1.54) is 10.4 Å². The Labute approximate surface area is 156 Å². The van der Waals surface area contributed by atoms with Crippen LogP contribution in [0.5, 0.6) is 0 Å². The van der Waals surface area contributed by atoms with Gasteiger partial charge in [0.2, 0.25) is 5.91 Å². The van der Waals surface area contributed by atoms with Crippen molar-refractivity contribution < 1.29 is 9.53 Å². The number of likely N-dealkylation sites (tertiary alicyclic amines) is 1. The molecule has 1 N–H and O–H groups in total. The van der Waals surface area contributed by atoms with Crippen LogP contribution in [0.2, 0.25) is 0 Å². The Morgan fingerprint density at radius 3 is 3.00 bits per heavy atom. The van der Waals surface area contributed by atoms with Crippen LogP contribution in [0, 0.1) is 0 Å². The molecule has 1 fully saturated rings. The largest absolute Gasteiger partial charge is 0.369 e. The van der Waals surface area contributed by atoms with Gasteiger partial charge in [0, 0.05) is 23.4 Å². The summed E-state index contributed by atoms with van der Waals surface area (Å²) in [6.45, 7) is 2.29. The fourth-order valence-corrected chi connectivity index (χ4v) is 5.42. The number of thiophene rings is 1. The predicted octanol–water partition coefficient (Wildman–Crippen LogP) is 3.26. The molecule has 0 saturated carbocycles. The van der Waals surface area contributed by atoms with Crippen molar-refractivity contribution in [2.45, 2.75) is 31.3 Å². The smallest absolute Gasteiger partial charge is 0.228 e. The first-order chi connectivity index (χ1) is 12.8. The van der Waals surface area contributed by atoms with Gasteiger partial charge in [0.05, 0.1) is 24.2 Å². The number of fused-ring (bicyclic) bond motifs is 3. The number of aromatic amines is 1. The molecule has 0 unspecified atom stereocenters. The highest BCUT2D eigenvalue weighted by atomic mass is 32.1. The van der Waals surface area contributed by atoms with E-state index in [4.69, 9.17) is 4.74 Å². The Kier molecular flexibility index (Phi) is 3.83. The van der Waals surface area contributed by atoms with E-state index in [1.54, 1.807) is 11.3 Å². The lowest BCUT2D eigenvalue weighted by Gasteiger charge is -2.43. The minimum absolute atomic E-state index is 0.163. The SMILES string of the molecule is O=C(Cc1[nH]nc2ccccc12)N1CCC2(CC1)OCCc1ccsc12. The van der Waals surface area contributed by atoms with Crippen LogP contribution in [0.1, 0.15) is 29.0 Å². The predicted molar refractivity (Wildman–Crippen MR) is 101 cm³/mol. The zero-order valence-corrected chi connectivity index (χ0v) is 15.3. The maximum absolute atomic E-state index is 12.8. The Bertz CT molecular complexity index is 953. The van der Waals surface area contributed by atoms with E-state index in [0.29, 0.717) is 6.42 Å². The Morgan fingerprint density at radius 2 is 2.12 bits per heavy atom. The number of nitrogens with one attached hydrogen (secondary N) is 1. The molecule has 6 heteroatoms. The summed E-state index contributed by atoms with van der Waals surface area (Å²) >= 11 is 1.80. The number of carbonyl (C=O) groups is 1. The monoisotopic (exact) mass is 367 g/mol. The lowest BCUT2D eigenvalue weighted by molar-refractivity contribution is -0.139. The lowest BCUT2D eigenvalue weighted by Crippen LogP contribution is -2.48. The number of nitrogens with zero attached hydrogens (tertiary/aromatic N) is 2. The van der Waals surface area contributed by atoms with Crippen molar-refractivity contribution in [1.29, 1.82) is 0 Å². The molecule has 1 spiro atoms. The van der Waals surface area contributed by atoms with Crippen LogP contribution in [0.3, 0.4) is 0 Å². The summed E-state index contributed by atoms with van der Waals surface area (Å²) in [5.74, 6) is 0.163. The summed E-state index contributed by atoms with van der Waals surface area (Å²) in [4.78, 5) is 16.2. The number of rotatable bonds is 2. The average molecular weight is 367 g/mol. The maximum atomic E-state index is 12.8. The second kappa shape index (κ2) is 6.21. The van der Waals surface area contributed by atoms with Gasteiger partial charge in [0.1, 0.15) is 5.60 Å². The number of carbonyl (C=O) groups excluding carboxylic acids is 1. The van der Waals surface area contributed by atoms with Gasteiger partial charge in [0.25, 0.3) is 0 Å². The van der Waals surface area contributed by atoms with Crippen molar-refractivity contribution >= 4 is 28.1 Å². The number of para-hydroxylation sites is 1. The number of hydrogen-bond donors (Lipinski definition) is 1. The van der Waals surface area contributed by atoms with Gasteiger partial charge in [-0.15, -0.1) is 11.3 Å². The van der Waals surface area contributed by atoms with E-state index in [1.807, 2.05) is 29.2 Å². The number of ether oxygens (including phenoxy) is 1. The highest BCUT2D eigenvalue weighted by Gasteiger charge is 2.42. The van der Waals surface area contributed by atoms with Gasteiger partial charge in [-0.3, -0.25) is 9.89 Å². The number of amides is 1. The highest BCUT2D eigenvalue weighted by molar-refractivity contribution is 7.10. The fourth-order valence-electron chi connectivity index (χ4n) is 4.26. The molecule has 2 aliphatic rings. The first-order valence-electron chi connectivity index (χ1n) is 9.16. The summed E-state index contributed by atoms with van der Waals surface area (Å²) in [7, 11) is 0. The highest BCUT2D eigenvalue weighted by Crippen LogP contribution is 2.44. The number of aromatic nitrogens is 2. The number of benzene rings is 1. The van der Waals surface area contributed by atoms with E-state index in [2.05, 4.69) is 21.6 Å². The molecule has 1 amide bonds. The van der Waals surface area contributed by atoms with E-state index in [-0.39, 0.29) is 11.5 Å². The first-order valence-corrected chi connectivity index (χ1v) is 10.0. The molecule has 2 aromatic heterocycles. The molecule has 1 aromatic carbocycles. The zero-order valence-electron chi connectivity index (χ0n) is 14.5. The molecule has 3 aromatic rings. The molecule has 0 bridgehead atoms. The second-order valence-corrected chi connectivity index (χ2v) is 8.06. The molecule has 5 rings (SSSR count). The van der Waals surface area contributed by atoms with Gasteiger partial charge in [0.15, 0.2) is 0 Å². The van der Waals surface area contributed by atoms with Gasteiger partial charge in [-0.2, -0.15) is 5.10 Å². The summed E-state index contributed by atoms with van der Waals surface area (Å²) in [5, 5.41) is 10.5. The topological polar surface area (TPSA) is 58.2 Å². The molecule has 5 nitrogen and oxygen atoms in total. The Hall–Kier alpha value is -2.18. The molecule has 0 radical (unpaired) electrons. The minimum Gasteiger partial charge on any atom is -0.369 e. The molecule has 2 aliphatic heterocycles. The number of hydrogen-bond acceptors (Lipinski definition) is 4. The van der Waals surface area contributed by atoms with E-state index >= 15 is 0 Å². The first kappa shape index (κ1) is 16.0. The van der Waals surface area contributed by atoms with Gasteiger partial charge in [-0.1, -0.05) is 18.2 Å². The third kappa shape index (κ3) is 2.56. The Balaban J connectivity index is 1.30. The Morgan fingerprint density at radius 1 is 1.27 bits per heavy atom. The van der Waals surface area contributed by atoms with Crippen molar-refractivity contribution in [2.24, 2.45) is 0 Å². The van der Waals surface area contributed by atoms with E-state index in [0.717, 1.165) is 55.6 Å². The van der Waals surface area contributed by atoms with Crippen molar-refractivity contribution in [2.75, 3.05) is 19.7 Å². The van der Waals surface area contributed by atoms with Crippen LogP contribution in [0.25, 0.3) is 10.9 Å². The molecule has 1 saturated heterocycles. The molecular weight excluding hydrogens is 346 g/mol. The second-order valence-electron chi connectivity index (χ2n) is 7.14. The number of piperidine rings is 1. The lowest BCUT2D eigenvalue weighted by atomic mass is 9.85. The van der Waals surface area contributed by atoms with Crippen LogP contribution >= 0.6 is 11.3 Å². The summed E-state index contributed by atoms with van der Waals surface area (Å²) in [6, 6.07) is 10.1. The van der Waals surface area contributed by atoms with Crippen LogP contribution in [0.4, 0.5) is 0 Å². The molecule has 26 heavy (non-hydrogen) atoms. The molecule has 4 heterocycles. The maximum Gasteiger partial charge on any atom is 0.228 e. The van der Waals surface area contributed by atoms with Gasteiger partial charge in [-0.25, -0.2) is 0 Å². The van der Waals surface area contributed by atoms with Crippen LogP contribution in [0.15, 0.2) is 35.7 Å². The van der Waals surface area contributed by atoms with E-state index < -0.39 is 0 Å². The summed E-state index contributed by atoms with van der Waals surface area (Å²) in [5.41, 5.74) is 3.08. The van der Waals surface area contributed by atoms with Crippen molar-refractivity contribution in [1.82, 2.24) is 15.1 Å². The molecule has 0 atom stereocenters. The average Bonchev–Trinajstić information content (AvgIpc) is 3.31. The zero-order chi connectivity index (χ0) is 17.6. The standard InChI is InChI=1S/C20H21N3O2S/c24-18(13-17-15-3-1-2-4-16(15)21-22-17)23-9-7-20(8-10-23)19-14(5-11-25-20)6-12-26-19/h1-4,6,12H,5,7-11,13H2,(H,21,22). The van der Waals surface area contributed by atoms with E-state index in [9.17, 15) is 4.79 Å². The van der Waals surface area contributed by atoms with Crippen molar-refractivity contribution in [3.8, 4) is 0 Å². The summed E-state index contributed by atoms with van der Waals surface area (Å²) < 4.78 is 6.24. The normalized spacial score (nSPS) is 19.0.